The fraction of sp³-hybridized carbons (Fsp3) is 0.818. The van der Waals surface area contributed by atoms with Crippen LogP contribution in [0.15, 0.2) is 0 Å². The summed E-state index contributed by atoms with van der Waals surface area (Å²) in [6.07, 6.45) is -1.99. The zero-order valence-corrected chi connectivity index (χ0v) is 10.2. The molecule has 104 valence electrons. The molecule has 18 heavy (non-hydrogen) atoms. The van der Waals surface area contributed by atoms with Crippen LogP contribution in [-0.2, 0) is 9.59 Å². The summed E-state index contributed by atoms with van der Waals surface area (Å²) in [5.41, 5.74) is 0. The molecule has 1 saturated heterocycles. The molecule has 0 aromatic carbocycles. The Morgan fingerprint density at radius 3 is 2.61 bits per heavy atom. The minimum absolute atomic E-state index is 0.0450. The Balaban J connectivity index is 2.56. The highest BCUT2D eigenvalue weighted by Crippen LogP contribution is 2.20. The maximum Gasteiger partial charge on any atom is 0.303 e. The van der Waals surface area contributed by atoms with Crippen molar-refractivity contribution in [3.63, 3.8) is 0 Å². The predicted molar refractivity (Wildman–Crippen MR) is 60.4 cm³/mol. The molecule has 0 aliphatic carbocycles. The summed E-state index contributed by atoms with van der Waals surface area (Å²) in [5.74, 6) is -1.28. The highest BCUT2D eigenvalue weighted by atomic mass is 19.3. The van der Waals surface area contributed by atoms with Crippen LogP contribution < -0.4 is 5.32 Å². The van der Waals surface area contributed by atoms with Crippen LogP contribution in [0, 0.1) is 5.92 Å². The Morgan fingerprint density at radius 1 is 1.44 bits per heavy atom. The summed E-state index contributed by atoms with van der Waals surface area (Å²) in [6, 6.07) is -0.263. The molecule has 0 radical (unpaired) electrons. The minimum atomic E-state index is -2.45. The van der Waals surface area contributed by atoms with Crippen LogP contribution in [0.5, 0.6) is 0 Å². The van der Waals surface area contributed by atoms with Gasteiger partial charge in [-0.05, 0) is 12.3 Å². The number of likely N-dealkylation sites (tertiary alicyclic amines) is 1. The van der Waals surface area contributed by atoms with Crippen molar-refractivity contribution in [3.05, 3.63) is 0 Å². The van der Waals surface area contributed by atoms with Crippen molar-refractivity contribution in [3.8, 4) is 0 Å². The molecule has 1 amide bonds. The summed E-state index contributed by atoms with van der Waals surface area (Å²) in [4.78, 5) is 23.5. The molecule has 1 aliphatic rings. The van der Waals surface area contributed by atoms with E-state index >= 15 is 0 Å². The average Bonchev–Trinajstić information content (AvgIpc) is 2.25. The molecule has 0 aromatic rings. The van der Waals surface area contributed by atoms with Crippen LogP contribution in [0.1, 0.15) is 19.8 Å². The molecule has 7 heteroatoms. The van der Waals surface area contributed by atoms with Gasteiger partial charge in [0.2, 0.25) is 5.91 Å². The molecule has 1 rings (SSSR count). The quantitative estimate of drug-likeness (QED) is 0.761. The SMILES string of the molecule is CC(=O)N1CC(CC(=O)O)CC(NCC(F)F)C1. The number of halogens is 2. The Labute approximate surface area is 104 Å². The number of rotatable bonds is 5. The summed E-state index contributed by atoms with van der Waals surface area (Å²) in [5, 5.41) is 11.4. The second-order valence-electron chi connectivity index (χ2n) is 4.62. The van der Waals surface area contributed by atoms with E-state index in [1.54, 1.807) is 0 Å². The van der Waals surface area contributed by atoms with E-state index < -0.39 is 18.9 Å². The van der Waals surface area contributed by atoms with Gasteiger partial charge in [0.1, 0.15) is 0 Å². The van der Waals surface area contributed by atoms with Gasteiger partial charge in [-0.1, -0.05) is 0 Å². The van der Waals surface area contributed by atoms with Crippen molar-refractivity contribution < 1.29 is 23.5 Å². The molecule has 2 unspecified atom stereocenters. The van der Waals surface area contributed by atoms with Crippen molar-refractivity contribution in [2.45, 2.75) is 32.2 Å². The van der Waals surface area contributed by atoms with Crippen molar-refractivity contribution in [2.24, 2.45) is 5.92 Å². The zero-order chi connectivity index (χ0) is 13.7. The van der Waals surface area contributed by atoms with Crippen LogP contribution in [0.3, 0.4) is 0 Å². The molecule has 0 saturated carbocycles. The number of hydrogen-bond acceptors (Lipinski definition) is 3. The van der Waals surface area contributed by atoms with E-state index in [0.717, 1.165) is 0 Å². The Bertz CT molecular complexity index is 313. The summed E-state index contributed by atoms with van der Waals surface area (Å²) < 4.78 is 24.2. The van der Waals surface area contributed by atoms with Gasteiger partial charge in [-0.3, -0.25) is 9.59 Å². The molecule has 0 bridgehead atoms. The van der Waals surface area contributed by atoms with E-state index in [0.29, 0.717) is 19.5 Å². The fourth-order valence-corrected chi connectivity index (χ4v) is 2.26. The molecule has 1 aliphatic heterocycles. The normalized spacial score (nSPS) is 24.3. The van der Waals surface area contributed by atoms with Crippen molar-refractivity contribution >= 4 is 11.9 Å². The van der Waals surface area contributed by atoms with Crippen molar-refractivity contribution in [2.75, 3.05) is 19.6 Å². The van der Waals surface area contributed by atoms with E-state index in [2.05, 4.69) is 5.32 Å². The third-order valence-corrected chi connectivity index (χ3v) is 3.01. The summed E-state index contributed by atoms with van der Waals surface area (Å²) in [7, 11) is 0. The number of carboxylic acids is 1. The first-order valence-corrected chi connectivity index (χ1v) is 5.87. The van der Waals surface area contributed by atoms with Gasteiger partial charge in [0.05, 0.1) is 6.54 Å². The number of amides is 1. The lowest BCUT2D eigenvalue weighted by atomic mass is 9.91. The van der Waals surface area contributed by atoms with Crippen LogP contribution in [0.2, 0.25) is 0 Å². The standard InChI is InChI=1S/C11H18F2N2O3/c1-7(16)15-5-8(3-11(17)18)2-9(6-15)14-4-10(12)13/h8-10,14H,2-6H2,1H3,(H,17,18). The number of carbonyl (C=O) groups excluding carboxylic acids is 1. The molecule has 1 fully saturated rings. The summed E-state index contributed by atoms with van der Waals surface area (Å²) >= 11 is 0. The lowest BCUT2D eigenvalue weighted by Gasteiger charge is -2.37. The second kappa shape index (κ2) is 6.63. The number of carbonyl (C=O) groups is 2. The van der Waals surface area contributed by atoms with Gasteiger partial charge in [0.15, 0.2) is 0 Å². The van der Waals surface area contributed by atoms with Gasteiger partial charge < -0.3 is 15.3 Å². The molecule has 2 N–H and O–H groups in total. The van der Waals surface area contributed by atoms with Gasteiger partial charge in [-0.2, -0.15) is 0 Å². The predicted octanol–water partition coefficient (Wildman–Crippen LogP) is 0.553. The van der Waals surface area contributed by atoms with Crippen molar-refractivity contribution in [1.29, 1.82) is 0 Å². The van der Waals surface area contributed by atoms with E-state index in [4.69, 9.17) is 5.11 Å². The van der Waals surface area contributed by atoms with Crippen LogP contribution >= 0.6 is 0 Å². The maximum absolute atomic E-state index is 12.1. The van der Waals surface area contributed by atoms with Gasteiger partial charge in [0.25, 0.3) is 6.43 Å². The number of alkyl halides is 2. The molecule has 0 spiro atoms. The number of piperidine rings is 1. The van der Waals surface area contributed by atoms with Crippen LogP contribution in [0.25, 0.3) is 0 Å². The number of nitrogens with one attached hydrogen (secondary N) is 1. The van der Waals surface area contributed by atoms with Crippen LogP contribution in [0.4, 0.5) is 8.78 Å². The zero-order valence-electron chi connectivity index (χ0n) is 10.2. The molecule has 0 aromatic heterocycles. The highest BCUT2D eigenvalue weighted by molar-refractivity contribution is 5.73. The molecular weight excluding hydrogens is 246 g/mol. The lowest BCUT2D eigenvalue weighted by molar-refractivity contribution is -0.140. The largest absolute Gasteiger partial charge is 0.481 e. The topological polar surface area (TPSA) is 69.6 Å². The fourth-order valence-electron chi connectivity index (χ4n) is 2.26. The van der Waals surface area contributed by atoms with E-state index in [9.17, 15) is 18.4 Å². The number of carboxylic acid groups (broad SMARTS) is 1. The van der Waals surface area contributed by atoms with E-state index in [1.807, 2.05) is 0 Å². The summed E-state index contributed by atoms with van der Waals surface area (Å²) in [6.45, 7) is 1.70. The molecule has 2 atom stereocenters. The molecule has 5 nitrogen and oxygen atoms in total. The van der Waals surface area contributed by atoms with Crippen molar-refractivity contribution in [1.82, 2.24) is 10.2 Å². The highest BCUT2D eigenvalue weighted by Gasteiger charge is 2.29. The van der Waals surface area contributed by atoms with Crippen LogP contribution in [-0.4, -0.2) is 54.0 Å². The monoisotopic (exact) mass is 264 g/mol. The average molecular weight is 264 g/mol. The molecular formula is C11H18F2N2O3. The third-order valence-electron chi connectivity index (χ3n) is 3.01. The van der Waals surface area contributed by atoms with E-state index in [-0.39, 0.29) is 24.3 Å². The first-order chi connectivity index (χ1) is 8.38. The lowest BCUT2D eigenvalue weighted by Crippen LogP contribution is -2.51. The van der Waals surface area contributed by atoms with Gasteiger partial charge in [0, 0.05) is 32.5 Å². The smallest absolute Gasteiger partial charge is 0.303 e. The first-order valence-electron chi connectivity index (χ1n) is 5.87. The van der Waals surface area contributed by atoms with Gasteiger partial charge >= 0.3 is 5.97 Å². The Morgan fingerprint density at radius 2 is 2.11 bits per heavy atom. The number of hydrogen-bond donors (Lipinski definition) is 2. The van der Waals surface area contributed by atoms with E-state index in [1.165, 1.54) is 11.8 Å². The maximum atomic E-state index is 12.1. The third kappa shape index (κ3) is 4.95. The van der Waals surface area contributed by atoms with Gasteiger partial charge in [-0.25, -0.2) is 8.78 Å². The minimum Gasteiger partial charge on any atom is -0.481 e. The molecule has 1 heterocycles. The number of aliphatic carboxylic acids is 1. The Kier molecular flexibility index (Phi) is 5.46. The van der Waals surface area contributed by atoms with Gasteiger partial charge in [-0.15, -0.1) is 0 Å². The Hall–Kier alpha value is -1.24. The number of nitrogens with zero attached hydrogens (tertiary/aromatic N) is 1. The second-order valence-corrected chi connectivity index (χ2v) is 4.62. The first kappa shape index (κ1) is 14.8.